The summed E-state index contributed by atoms with van der Waals surface area (Å²) in [4.78, 5) is 11.8. The molecule has 3 nitrogen and oxygen atoms in total. The molecule has 2 aromatic rings. The molecule has 0 heterocycles. The van der Waals surface area contributed by atoms with Gasteiger partial charge in [-0.15, -0.1) is 24.0 Å². The molecule has 0 saturated heterocycles. The Morgan fingerprint density at radius 1 is 1.05 bits per heavy atom. The first-order valence-corrected chi connectivity index (χ1v) is 6.26. The SMILES string of the molecule is COc1ccc(CCNC(=O)c2ccccc2)cc1.I. The second kappa shape index (κ2) is 8.58. The van der Waals surface area contributed by atoms with Crippen molar-refractivity contribution in [2.45, 2.75) is 6.42 Å². The molecule has 4 heteroatoms. The Hall–Kier alpha value is -1.56. The number of benzene rings is 2. The zero-order valence-electron chi connectivity index (χ0n) is 11.3. The minimum atomic E-state index is -0.0332. The van der Waals surface area contributed by atoms with E-state index in [0.717, 1.165) is 12.2 Å². The lowest BCUT2D eigenvalue weighted by Gasteiger charge is -2.06. The molecule has 2 rings (SSSR count). The molecule has 0 aliphatic heterocycles. The van der Waals surface area contributed by atoms with Crippen LogP contribution in [0.25, 0.3) is 0 Å². The highest BCUT2D eigenvalue weighted by Crippen LogP contribution is 2.11. The monoisotopic (exact) mass is 383 g/mol. The number of hydrogen-bond donors (Lipinski definition) is 1. The van der Waals surface area contributed by atoms with Crippen LogP contribution in [-0.4, -0.2) is 19.6 Å². The van der Waals surface area contributed by atoms with Gasteiger partial charge in [-0.1, -0.05) is 30.3 Å². The summed E-state index contributed by atoms with van der Waals surface area (Å²) in [5, 5.41) is 2.91. The van der Waals surface area contributed by atoms with Gasteiger partial charge in [0, 0.05) is 12.1 Å². The highest BCUT2D eigenvalue weighted by atomic mass is 127. The van der Waals surface area contributed by atoms with Crippen molar-refractivity contribution in [3.8, 4) is 5.75 Å². The quantitative estimate of drug-likeness (QED) is 0.805. The lowest BCUT2D eigenvalue weighted by atomic mass is 10.1. The number of carbonyl (C=O) groups excluding carboxylic acids is 1. The average Bonchev–Trinajstić information content (AvgIpc) is 2.49. The fraction of sp³-hybridized carbons (Fsp3) is 0.188. The molecule has 0 saturated carbocycles. The summed E-state index contributed by atoms with van der Waals surface area (Å²) >= 11 is 0. The van der Waals surface area contributed by atoms with Crippen LogP contribution >= 0.6 is 24.0 Å². The van der Waals surface area contributed by atoms with Gasteiger partial charge in [0.2, 0.25) is 0 Å². The third-order valence-electron chi connectivity index (χ3n) is 2.89. The molecular weight excluding hydrogens is 365 g/mol. The van der Waals surface area contributed by atoms with E-state index in [1.165, 1.54) is 5.56 Å². The Balaban J connectivity index is 0.00000200. The average molecular weight is 383 g/mol. The summed E-state index contributed by atoms with van der Waals surface area (Å²) in [6, 6.07) is 17.1. The van der Waals surface area contributed by atoms with Crippen LogP contribution in [0.4, 0.5) is 0 Å². The fourth-order valence-electron chi connectivity index (χ4n) is 1.80. The maximum absolute atomic E-state index is 11.8. The summed E-state index contributed by atoms with van der Waals surface area (Å²) < 4.78 is 5.10. The predicted molar refractivity (Wildman–Crippen MR) is 90.9 cm³/mol. The minimum Gasteiger partial charge on any atom is -0.497 e. The van der Waals surface area contributed by atoms with Gasteiger partial charge in [-0.25, -0.2) is 0 Å². The van der Waals surface area contributed by atoms with E-state index in [0.29, 0.717) is 12.1 Å². The van der Waals surface area contributed by atoms with Crippen LogP contribution in [-0.2, 0) is 6.42 Å². The van der Waals surface area contributed by atoms with Gasteiger partial charge in [0.05, 0.1) is 7.11 Å². The Kier molecular flexibility index (Phi) is 7.08. The molecule has 1 N–H and O–H groups in total. The van der Waals surface area contributed by atoms with Crippen molar-refractivity contribution in [1.82, 2.24) is 5.32 Å². The van der Waals surface area contributed by atoms with Crippen molar-refractivity contribution in [3.05, 3.63) is 65.7 Å². The zero-order chi connectivity index (χ0) is 13.5. The van der Waals surface area contributed by atoms with Crippen LogP contribution in [0.15, 0.2) is 54.6 Å². The molecule has 0 fully saturated rings. The minimum absolute atomic E-state index is 0. The van der Waals surface area contributed by atoms with Gasteiger partial charge in [0.25, 0.3) is 5.91 Å². The van der Waals surface area contributed by atoms with Gasteiger partial charge in [-0.2, -0.15) is 0 Å². The van der Waals surface area contributed by atoms with Crippen LogP contribution in [0.3, 0.4) is 0 Å². The smallest absolute Gasteiger partial charge is 0.251 e. The topological polar surface area (TPSA) is 38.3 Å². The molecule has 20 heavy (non-hydrogen) atoms. The largest absolute Gasteiger partial charge is 0.497 e. The number of nitrogens with one attached hydrogen (secondary N) is 1. The Labute approximate surface area is 136 Å². The maximum Gasteiger partial charge on any atom is 0.251 e. The van der Waals surface area contributed by atoms with E-state index in [1.807, 2.05) is 54.6 Å². The van der Waals surface area contributed by atoms with Crippen LogP contribution in [0.1, 0.15) is 15.9 Å². The number of carbonyl (C=O) groups is 1. The normalized spacial score (nSPS) is 9.45. The number of methoxy groups -OCH3 is 1. The van der Waals surface area contributed by atoms with Gasteiger partial charge in [0.15, 0.2) is 0 Å². The highest BCUT2D eigenvalue weighted by molar-refractivity contribution is 14.0. The Morgan fingerprint density at radius 2 is 1.70 bits per heavy atom. The molecule has 1 amide bonds. The van der Waals surface area contributed by atoms with Crippen LogP contribution in [0.5, 0.6) is 5.75 Å². The zero-order valence-corrected chi connectivity index (χ0v) is 13.7. The van der Waals surface area contributed by atoms with Crippen molar-refractivity contribution in [1.29, 1.82) is 0 Å². The second-order valence-corrected chi connectivity index (χ2v) is 4.22. The second-order valence-electron chi connectivity index (χ2n) is 4.22. The van der Waals surface area contributed by atoms with Crippen molar-refractivity contribution < 1.29 is 9.53 Å². The summed E-state index contributed by atoms with van der Waals surface area (Å²) in [6.45, 7) is 0.625. The van der Waals surface area contributed by atoms with Crippen molar-refractivity contribution in [2.75, 3.05) is 13.7 Å². The van der Waals surface area contributed by atoms with Crippen molar-refractivity contribution in [3.63, 3.8) is 0 Å². The number of rotatable bonds is 5. The summed E-state index contributed by atoms with van der Waals surface area (Å²) in [7, 11) is 1.65. The van der Waals surface area contributed by atoms with E-state index in [4.69, 9.17) is 4.74 Å². The first-order valence-electron chi connectivity index (χ1n) is 6.26. The third kappa shape index (κ3) is 4.85. The molecule has 0 radical (unpaired) electrons. The molecule has 0 aliphatic rings. The van der Waals surface area contributed by atoms with E-state index in [2.05, 4.69) is 5.32 Å². The first kappa shape index (κ1) is 16.5. The Bertz CT molecular complexity index is 526. The standard InChI is InChI=1S/C16H17NO2.HI/c1-19-15-9-7-13(8-10-15)11-12-17-16(18)14-5-3-2-4-6-14;/h2-10H,11-12H2,1H3,(H,17,18);1H. The fourth-order valence-corrected chi connectivity index (χ4v) is 1.80. The van der Waals surface area contributed by atoms with Gasteiger partial charge in [-0.3, -0.25) is 4.79 Å². The lowest BCUT2D eigenvalue weighted by Crippen LogP contribution is -2.25. The van der Waals surface area contributed by atoms with Crippen molar-refractivity contribution >= 4 is 29.9 Å². The van der Waals surface area contributed by atoms with E-state index in [9.17, 15) is 4.79 Å². The van der Waals surface area contributed by atoms with Gasteiger partial charge >= 0.3 is 0 Å². The first-order chi connectivity index (χ1) is 9.29. The van der Waals surface area contributed by atoms with Crippen molar-refractivity contribution in [2.24, 2.45) is 0 Å². The van der Waals surface area contributed by atoms with Gasteiger partial charge in [0.1, 0.15) is 5.75 Å². The highest BCUT2D eigenvalue weighted by Gasteiger charge is 2.03. The van der Waals surface area contributed by atoms with E-state index >= 15 is 0 Å². The van der Waals surface area contributed by atoms with E-state index in [1.54, 1.807) is 7.11 Å². The molecule has 0 aromatic heterocycles. The molecule has 0 unspecified atom stereocenters. The molecule has 2 aromatic carbocycles. The number of ether oxygens (including phenoxy) is 1. The maximum atomic E-state index is 11.8. The molecule has 0 spiro atoms. The molecular formula is C16H18INO2. The van der Waals surface area contributed by atoms with Crippen LogP contribution < -0.4 is 10.1 Å². The van der Waals surface area contributed by atoms with Gasteiger partial charge < -0.3 is 10.1 Å². The van der Waals surface area contributed by atoms with E-state index < -0.39 is 0 Å². The molecule has 0 bridgehead atoms. The van der Waals surface area contributed by atoms with E-state index in [-0.39, 0.29) is 29.9 Å². The molecule has 0 atom stereocenters. The summed E-state index contributed by atoms with van der Waals surface area (Å²) in [5.74, 6) is 0.811. The third-order valence-corrected chi connectivity index (χ3v) is 2.89. The lowest BCUT2D eigenvalue weighted by molar-refractivity contribution is 0.0954. The summed E-state index contributed by atoms with van der Waals surface area (Å²) in [6.07, 6.45) is 0.808. The number of hydrogen-bond acceptors (Lipinski definition) is 2. The van der Waals surface area contributed by atoms with Crippen LogP contribution in [0.2, 0.25) is 0 Å². The Morgan fingerprint density at radius 3 is 2.30 bits per heavy atom. The predicted octanol–water partition coefficient (Wildman–Crippen LogP) is 3.29. The van der Waals surface area contributed by atoms with Gasteiger partial charge in [-0.05, 0) is 36.2 Å². The molecule has 106 valence electrons. The molecule has 0 aliphatic carbocycles. The summed E-state index contributed by atoms with van der Waals surface area (Å²) in [5.41, 5.74) is 1.87. The number of halogens is 1. The number of amides is 1. The van der Waals surface area contributed by atoms with Crippen LogP contribution in [0, 0.1) is 0 Å².